The predicted molar refractivity (Wildman–Crippen MR) is 72.9 cm³/mol. The lowest BCUT2D eigenvalue weighted by Gasteiger charge is -2.28. The van der Waals surface area contributed by atoms with Crippen molar-refractivity contribution in [1.82, 2.24) is 4.90 Å². The molecule has 1 amide bonds. The quantitative estimate of drug-likeness (QED) is 0.867. The third kappa shape index (κ3) is 1.78. The van der Waals surface area contributed by atoms with Crippen LogP contribution >= 0.6 is 0 Å². The van der Waals surface area contributed by atoms with Gasteiger partial charge in [-0.05, 0) is 44.2 Å². The second kappa shape index (κ2) is 4.30. The molecule has 1 saturated carbocycles. The molecule has 1 aromatic rings. The van der Waals surface area contributed by atoms with Crippen LogP contribution in [0.3, 0.4) is 0 Å². The van der Waals surface area contributed by atoms with Gasteiger partial charge in [0.15, 0.2) is 0 Å². The molecule has 3 rings (SSSR count). The number of hydrogen-bond acceptors (Lipinski definition) is 2. The van der Waals surface area contributed by atoms with Crippen molar-refractivity contribution in [3.63, 3.8) is 0 Å². The van der Waals surface area contributed by atoms with Crippen molar-refractivity contribution in [2.75, 3.05) is 18.9 Å². The first-order valence-electron chi connectivity index (χ1n) is 6.78. The van der Waals surface area contributed by atoms with E-state index in [0.717, 1.165) is 29.3 Å². The van der Waals surface area contributed by atoms with Crippen LogP contribution in [0.2, 0.25) is 0 Å². The number of rotatable bonds is 2. The third-order valence-corrected chi connectivity index (χ3v) is 4.34. The first-order chi connectivity index (χ1) is 8.69. The number of nitrogens with one attached hydrogen (secondary N) is 1. The van der Waals surface area contributed by atoms with Crippen LogP contribution in [0.25, 0.3) is 0 Å². The summed E-state index contributed by atoms with van der Waals surface area (Å²) in [6.45, 7) is 2.99. The summed E-state index contributed by atoms with van der Waals surface area (Å²) in [6, 6.07) is 6.53. The van der Waals surface area contributed by atoms with Gasteiger partial charge in [0.2, 0.25) is 0 Å². The van der Waals surface area contributed by atoms with Gasteiger partial charge in [-0.25, -0.2) is 0 Å². The van der Waals surface area contributed by atoms with Gasteiger partial charge in [-0.3, -0.25) is 4.79 Å². The highest BCUT2D eigenvalue weighted by Gasteiger charge is 2.40. The molecular formula is C15H20N2O. The number of carbonyl (C=O) groups excluding carboxylic acids is 1. The Morgan fingerprint density at radius 2 is 2.22 bits per heavy atom. The minimum absolute atomic E-state index is 0.204. The number of amides is 1. The van der Waals surface area contributed by atoms with E-state index >= 15 is 0 Å². The molecule has 0 radical (unpaired) electrons. The van der Waals surface area contributed by atoms with Crippen molar-refractivity contribution in [2.45, 2.75) is 32.2 Å². The smallest absolute Gasteiger partial charge is 0.256 e. The van der Waals surface area contributed by atoms with Crippen LogP contribution in [0.5, 0.6) is 0 Å². The van der Waals surface area contributed by atoms with Crippen molar-refractivity contribution >= 4 is 11.6 Å². The molecule has 2 unspecified atom stereocenters. The summed E-state index contributed by atoms with van der Waals surface area (Å²) < 4.78 is 0. The minimum Gasteiger partial charge on any atom is -0.387 e. The summed E-state index contributed by atoms with van der Waals surface area (Å²) in [7, 11) is 1.87. The van der Waals surface area contributed by atoms with Crippen molar-refractivity contribution in [2.24, 2.45) is 5.92 Å². The Labute approximate surface area is 108 Å². The van der Waals surface area contributed by atoms with E-state index in [1.54, 1.807) is 0 Å². The van der Waals surface area contributed by atoms with Gasteiger partial charge >= 0.3 is 0 Å². The zero-order valence-corrected chi connectivity index (χ0v) is 11.1. The first-order valence-corrected chi connectivity index (χ1v) is 6.78. The molecule has 2 bridgehead atoms. The second-order valence-electron chi connectivity index (χ2n) is 5.59. The molecule has 2 aliphatic rings. The molecular weight excluding hydrogens is 224 g/mol. The summed E-state index contributed by atoms with van der Waals surface area (Å²) >= 11 is 0. The number of piperidine rings is 1. The van der Waals surface area contributed by atoms with E-state index in [-0.39, 0.29) is 5.91 Å². The van der Waals surface area contributed by atoms with E-state index in [9.17, 15) is 4.79 Å². The van der Waals surface area contributed by atoms with Gasteiger partial charge in [0, 0.05) is 25.3 Å². The van der Waals surface area contributed by atoms with Crippen LogP contribution in [0.4, 0.5) is 5.69 Å². The standard InChI is InChI=1S/C15H20N2O/c1-10-3-6-14(16-2)13(7-10)15(18)17-9-11-4-5-12(17)8-11/h3,6-7,11-12,16H,4-5,8-9H2,1-2H3. The topological polar surface area (TPSA) is 32.3 Å². The third-order valence-electron chi connectivity index (χ3n) is 4.34. The summed E-state index contributed by atoms with van der Waals surface area (Å²) in [5.74, 6) is 0.956. The Balaban J connectivity index is 1.90. The minimum atomic E-state index is 0.204. The molecule has 2 fully saturated rings. The first kappa shape index (κ1) is 11.6. The summed E-state index contributed by atoms with van der Waals surface area (Å²) in [5.41, 5.74) is 2.90. The van der Waals surface area contributed by atoms with Crippen LogP contribution < -0.4 is 5.32 Å². The molecule has 1 aromatic carbocycles. The number of hydrogen-bond donors (Lipinski definition) is 1. The van der Waals surface area contributed by atoms with E-state index in [1.807, 2.05) is 32.2 Å². The fraction of sp³-hybridized carbons (Fsp3) is 0.533. The van der Waals surface area contributed by atoms with Crippen molar-refractivity contribution in [3.05, 3.63) is 29.3 Å². The van der Waals surface area contributed by atoms with Gasteiger partial charge in [0.1, 0.15) is 0 Å². The molecule has 1 saturated heterocycles. The zero-order chi connectivity index (χ0) is 12.7. The Morgan fingerprint density at radius 3 is 2.83 bits per heavy atom. The number of anilines is 1. The fourth-order valence-electron chi connectivity index (χ4n) is 3.38. The zero-order valence-electron chi connectivity index (χ0n) is 11.1. The highest BCUT2D eigenvalue weighted by molar-refractivity contribution is 6.00. The summed E-state index contributed by atoms with van der Waals surface area (Å²) in [4.78, 5) is 14.7. The Morgan fingerprint density at radius 1 is 1.39 bits per heavy atom. The molecule has 96 valence electrons. The number of carbonyl (C=O) groups is 1. The Bertz CT molecular complexity index is 483. The maximum Gasteiger partial charge on any atom is 0.256 e. The predicted octanol–water partition coefficient (Wildman–Crippen LogP) is 2.66. The molecule has 1 N–H and O–H groups in total. The van der Waals surface area contributed by atoms with Crippen LogP contribution in [0, 0.1) is 12.8 Å². The number of likely N-dealkylation sites (tertiary alicyclic amines) is 1. The van der Waals surface area contributed by atoms with Crippen molar-refractivity contribution in [1.29, 1.82) is 0 Å². The molecule has 1 aliphatic carbocycles. The van der Waals surface area contributed by atoms with Gasteiger partial charge in [-0.2, -0.15) is 0 Å². The number of benzene rings is 1. The Hall–Kier alpha value is -1.51. The lowest BCUT2D eigenvalue weighted by molar-refractivity contribution is 0.0704. The maximum atomic E-state index is 12.7. The van der Waals surface area contributed by atoms with Crippen LogP contribution in [0.1, 0.15) is 35.2 Å². The van der Waals surface area contributed by atoms with E-state index in [4.69, 9.17) is 0 Å². The average molecular weight is 244 g/mol. The van der Waals surface area contributed by atoms with E-state index in [0.29, 0.717) is 6.04 Å². The van der Waals surface area contributed by atoms with E-state index < -0.39 is 0 Å². The SMILES string of the molecule is CNc1ccc(C)cc1C(=O)N1CC2CCC1C2. The van der Waals surface area contributed by atoms with E-state index in [1.165, 1.54) is 19.3 Å². The highest BCUT2D eigenvalue weighted by Crippen LogP contribution is 2.38. The molecule has 18 heavy (non-hydrogen) atoms. The van der Waals surface area contributed by atoms with Gasteiger partial charge in [0.25, 0.3) is 5.91 Å². The highest BCUT2D eigenvalue weighted by atomic mass is 16.2. The molecule has 1 aliphatic heterocycles. The molecule has 1 heterocycles. The molecule has 3 heteroatoms. The van der Waals surface area contributed by atoms with Crippen LogP contribution in [-0.2, 0) is 0 Å². The van der Waals surface area contributed by atoms with Gasteiger partial charge in [-0.1, -0.05) is 11.6 Å². The average Bonchev–Trinajstić information content (AvgIpc) is 3.00. The van der Waals surface area contributed by atoms with Gasteiger partial charge in [-0.15, -0.1) is 0 Å². The summed E-state index contributed by atoms with van der Waals surface area (Å²) in [6.07, 6.45) is 3.71. The van der Waals surface area contributed by atoms with Crippen LogP contribution in [0.15, 0.2) is 18.2 Å². The van der Waals surface area contributed by atoms with Crippen LogP contribution in [-0.4, -0.2) is 30.4 Å². The number of aryl methyl sites for hydroxylation is 1. The molecule has 0 spiro atoms. The fourth-order valence-corrected chi connectivity index (χ4v) is 3.38. The maximum absolute atomic E-state index is 12.7. The molecule has 2 atom stereocenters. The number of nitrogens with zero attached hydrogens (tertiary/aromatic N) is 1. The Kier molecular flexibility index (Phi) is 2.77. The lowest BCUT2D eigenvalue weighted by Crippen LogP contribution is -2.37. The second-order valence-corrected chi connectivity index (χ2v) is 5.59. The normalized spacial score (nSPS) is 25.6. The van der Waals surface area contributed by atoms with Crippen molar-refractivity contribution < 1.29 is 4.79 Å². The van der Waals surface area contributed by atoms with Gasteiger partial charge < -0.3 is 10.2 Å². The summed E-state index contributed by atoms with van der Waals surface area (Å²) in [5, 5.41) is 3.12. The van der Waals surface area contributed by atoms with Crippen molar-refractivity contribution in [3.8, 4) is 0 Å². The molecule has 0 aromatic heterocycles. The number of fused-ring (bicyclic) bond motifs is 2. The van der Waals surface area contributed by atoms with Gasteiger partial charge in [0.05, 0.1) is 5.56 Å². The monoisotopic (exact) mass is 244 g/mol. The largest absolute Gasteiger partial charge is 0.387 e. The lowest BCUT2D eigenvalue weighted by atomic mass is 10.1. The molecule has 3 nitrogen and oxygen atoms in total. The van der Waals surface area contributed by atoms with E-state index in [2.05, 4.69) is 10.2 Å².